The van der Waals surface area contributed by atoms with Gasteiger partial charge in [0.15, 0.2) is 0 Å². The van der Waals surface area contributed by atoms with Crippen molar-refractivity contribution in [2.45, 2.75) is 37.5 Å². The van der Waals surface area contributed by atoms with Crippen LogP contribution in [0.3, 0.4) is 0 Å². The number of hydrogen-bond donors (Lipinski definition) is 1. The minimum atomic E-state index is 0.681. The van der Waals surface area contributed by atoms with Crippen LogP contribution in [0.2, 0.25) is 0 Å². The van der Waals surface area contributed by atoms with Gasteiger partial charge in [-0.05, 0) is 31.2 Å². The molecule has 2 saturated heterocycles. The maximum atomic E-state index is 5.50. The number of nitrogens with one attached hydrogen (secondary N) is 1. The summed E-state index contributed by atoms with van der Waals surface area (Å²) in [5.74, 6) is 5.85. The normalized spacial score (nSPS) is 23.6. The minimum absolute atomic E-state index is 0.681. The van der Waals surface area contributed by atoms with E-state index in [0.29, 0.717) is 5.25 Å². The van der Waals surface area contributed by atoms with E-state index in [1.807, 2.05) is 11.3 Å². The van der Waals surface area contributed by atoms with E-state index in [-0.39, 0.29) is 0 Å². The third-order valence-electron chi connectivity index (χ3n) is 5.71. The number of anilines is 1. The Morgan fingerprint density at radius 1 is 1.11 bits per heavy atom. The largest absolute Gasteiger partial charge is 0.379 e. The van der Waals surface area contributed by atoms with Crippen LogP contribution in [0, 0.1) is 0 Å². The Hall–Kier alpha value is -0.540. The lowest BCUT2D eigenvalue weighted by atomic mass is 9.97. The molecule has 0 spiro atoms. The predicted molar refractivity (Wildman–Crippen MR) is 122 cm³/mol. The van der Waals surface area contributed by atoms with Gasteiger partial charge in [0, 0.05) is 47.0 Å². The molecule has 0 saturated carbocycles. The zero-order chi connectivity index (χ0) is 18.8. The topological polar surface area (TPSA) is 50.3 Å². The monoisotopic (exact) mass is 436 g/mol. The molecule has 5 rings (SSSR count). The summed E-state index contributed by atoms with van der Waals surface area (Å²) in [5, 5.41) is 5.75. The van der Waals surface area contributed by atoms with E-state index in [9.17, 15) is 0 Å². The summed E-state index contributed by atoms with van der Waals surface area (Å²) in [6, 6.07) is 0. The van der Waals surface area contributed by atoms with Gasteiger partial charge in [-0.1, -0.05) is 0 Å². The fourth-order valence-electron chi connectivity index (χ4n) is 4.22. The molecule has 152 valence electrons. The van der Waals surface area contributed by atoms with Crippen LogP contribution in [0.25, 0.3) is 10.2 Å². The lowest BCUT2D eigenvalue weighted by molar-refractivity contribution is 0.0331. The molecule has 28 heavy (non-hydrogen) atoms. The molecule has 2 aliphatic heterocycles. The molecule has 1 aliphatic carbocycles. The molecule has 0 bridgehead atoms. The summed E-state index contributed by atoms with van der Waals surface area (Å²) < 4.78 is 5.50. The van der Waals surface area contributed by atoms with Crippen molar-refractivity contribution in [1.29, 1.82) is 0 Å². The fourth-order valence-corrected chi connectivity index (χ4v) is 8.12. The second-order valence-corrected chi connectivity index (χ2v) is 11.4. The zero-order valence-corrected chi connectivity index (χ0v) is 18.7. The van der Waals surface area contributed by atoms with Crippen molar-refractivity contribution < 1.29 is 4.74 Å². The molecule has 0 aromatic carbocycles. The van der Waals surface area contributed by atoms with E-state index >= 15 is 0 Å². The van der Waals surface area contributed by atoms with Crippen LogP contribution in [-0.4, -0.2) is 70.2 Å². The minimum Gasteiger partial charge on any atom is -0.379 e. The second-order valence-electron chi connectivity index (χ2n) is 7.72. The van der Waals surface area contributed by atoms with Gasteiger partial charge in [0.05, 0.1) is 25.1 Å². The summed E-state index contributed by atoms with van der Waals surface area (Å²) in [6.07, 6.45) is 5.00. The number of fused-ring (bicyclic) bond motifs is 3. The standard InChI is InChI=1S/C20H28N4OS3/c1-2-4-16-15(3-1)18-19(21-11-14-13-26-9-10-27-14)22-17(23-20(18)28-16)12-24-5-7-25-8-6-24/h14H,1-13H2,(H,21,22,23)/t14-/m0/s1. The SMILES string of the molecule is C1CCc2c(sc3nc(CN4CCOCC4)nc(NC[C@H]4CSCCS4)c23)C1. The van der Waals surface area contributed by atoms with Gasteiger partial charge in [-0.25, -0.2) is 9.97 Å². The molecule has 1 N–H and O–H groups in total. The van der Waals surface area contributed by atoms with Gasteiger partial charge in [-0.2, -0.15) is 23.5 Å². The van der Waals surface area contributed by atoms with Crippen molar-refractivity contribution in [3.05, 3.63) is 16.3 Å². The number of aryl methyl sites for hydroxylation is 2. The van der Waals surface area contributed by atoms with E-state index in [0.717, 1.165) is 51.0 Å². The Morgan fingerprint density at radius 3 is 2.86 bits per heavy atom. The number of morpholine rings is 1. The lowest BCUT2D eigenvalue weighted by Gasteiger charge is -2.26. The average Bonchev–Trinajstić information content (AvgIpc) is 3.12. The smallest absolute Gasteiger partial charge is 0.146 e. The van der Waals surface area contributed by atoms with Crippen molar-refractivity contribution in [3.63, 3.8) is 0 Å². The Morgan fingerprint density at radius 2 is 2.00 bits per heavy atom. The highest BCUT2D eigenvalue weighted by Crippen LogP contribution is 2.39. The Kier molecular flexibility index (Phi) is 6.30. The van der Waals surface area contributed by atoms with Crippen molar-refractivity contribution >= 4 is 50.9 Å². The summed E-state index contributed by atoms with van der Waals surface area (Å²) in [7, 11) is 0. The summed E-state index contributed by atoms with van der Waals surface area (Å²) in [4.78, 5) is 15.2. The predicted octanol–water partition coefficient (Wildman–Crippen LogP) is 3.66. The van der Waals surface area contributed by atoms with Gasteiger partial charge < -0.3 is 10.1 Å². The van der Waals surface area contributed by atoms with Crippen LogP contribution in [0.15, 0.2) is 0 Å². The number of ether oxygens (including phenoxy) is 1. The molecular formula is C20H28N4OS3. The summed E-state index contributed by atoms with van der Waals surface area (Å²) >= 11 is 6.10. The van der Waals surface area contributed by atoms with Gasteiger partial charge in [0.2, 0.25) is 0 Å². The van der Waals surface area contributed by atoms with E-state index in [4.69, 9.17) is 14.7 Å². The average molecular weight is 437 g/mol. The van der Waals surface area contributed by atoms with Gasteiger partial charge in [0.25, 0.3) is 0 Å². The number of rotatable bonds is 5. The highest BCUT2D eigenvalue weighted by Gasteiger charge is 2.23. The van der Waals surface area contributed by atoms with Gasteiger partial charge in [-0.3, -0.25) is 4.90 Å². The molecule has 0 unspecified atom stereocenters. The fraction of sp³-hybridized carbons (Fsp3) is 0.700. The molecular weight excluding hydrogens is 408 g/mol. The van der Waals surface area contributed by atoms with E-state index < -0.39 is 0 Å². The van der Waals surface area contributed by atoms with Crippen LogP contribution >= 0.6 is 34.9 Å². The van der Waals surface area contributed by atoms with Gasteiger partial charge in [0.1, 0.15) is 16.5 Å². The van der Waals surface area contributed by atoms with Gasteiger partial charge >= 0.3 is 0 Å². The molecule has 1 atom stereocenters. The zero-order valence-electron chi connectivity index (χ0n) is 16.2. The third-order valence-corrected chi connectivity index (χ3v) is 9.74. The molecule has 8 heteroatoms. The molecule has 5 nitrogen and oxygen atoms in total. The highest BCUT2D eigenvalue weighted by atomic mass is 32.2. The molecule has 3 aliphatic rings. The van der Waals surface area contributed by atoms with Crippen molar-refractivity contribution in [2.75, 3.05) is 55.4 Å². The van der Waals surface area contributed by atoms with Crippen LogP contribution < -0.4 is 5.32 Å². The lowest BCUT2D eigenvalue weighted by Crippen LogP contribution is -2.36. The van der Waals surface area contributed by atoms with Crippen LogP contribution in [0.4, 0.5) is 5.82 Å². The first-order chi connectivity index (χ1) is 13.9. The maximum Gasteiger partial charge on any atom is 0.146 e. The van der Waals surface area contributed by atoms with Crippen molar-refractivity contribution in [2.24, 2.45) is 0 Å². The molecule has 2 fully saturated rings. The molecule has 0 radical (unpaired) electrons. The number of nitrogens with zero attached hydrogens (tertiary/aromatic N) is 3. The highest BCUT2D eigenvalue weighted by molar-refractivity contribution is 8.06. The van der Waals surface area contributed by atoms with Crippen LogP contribution in [-0.2, 0) is 24.1 Å². The molecule has 2 aromatic heterocycles. The first-order valence-electron chi connectivity index (χ1n) is 10.4. The van der Waals surface area contributed by atoms with E-state index in [1.165, 1.54) is 58.7 Å². The summed E-state index contributed by atoms with van der Waals surface area (Å²) in [5.41, 5.74) is 1.53. The van der Waals surface area contributed by atoms with E-state index in [1.54, 1.807) is 4.88 Å². The Balaban J connectivity index is 1.43. The van der Waals surface area contributed by atoms with Gasteiger partial charge in [-0.15, -0.1) is 11.3 Å². The van der Waals surface area contributed by atoms with Crippen molar-refractivity contribution in [1.82, 2.24) is 14.9 Å². The Labute approximate surface area is 179 Å². The maximum absolute atomic E-state index is 5.50. The number of thioether (sulfide) groups is 2. The molecule has 2 aromatic rings. The van der Waals surface area contributed by atoms with Crippen LogP contribution in [0.1, 0.15) is 29.1 Å². The first-order valence-corrected chi connectivity index (χ1v) is 13.4. The van der Waals surface area contributed by atoms with Crippen LogP contribution in [0.5, 0.6) is 0 Å². The first kappa shape index (κ1) is 19.4. The van der Waals surface area contributed by atoms with Crippen molar-refractivity contribution in [3.8, 4) is 0 Å². The quantitative estimate of drug-likeness (QED) is 0.767. The second kappa shape index (κ2) is 9.08. The number of aromatic nitrogens is 2. The molecule has 4 heterocycles. The Bertz CT molecular complexity index is 815. The number of thiophene rings is 1. The van der Waals surface area contributed by atoms with E-state index in [2.05, 4.69) is 33.7 Å². The number of hydrogen-bond acceptors (Lipinski definition) is 8. The molecule has 0 amide bonds. The third kappa shape index (κ3) is 4.31. The summed E-state index contributed by atoms with van der Waals surface area (Å²) in [6.45, 7) is 5.41.